The Labute approximate surface area is 126 Å². The number of hydrogen-bond acceptors (Lipinski definition) is 6. The minimum atomic E-state index is -0.212. The van der Waals surface area contributed by atoms with E-state index >= 15 is 0 Å². The lowest BCUT2D eigenvalue weighted by Crippen LogP contribution is -2.50. The van der Waals surface area contributed by atoms with E-state index < -0.39 is 0 Å². The van der Waals surface area contributed by atoms with Crippen molar-refractivity contribution in [3.05, 3.63) is 35.5 Å². The summed E-state index contributed by atoms with van der Waals surface area (Å²) in [6, 6.07) is 3.33. The maximum absolute atomic E-state index is 12.5. The summed E-state index contributed by atoms with van der Waals surface area (Å²) in [5, 5.41) is 17.1. The second kappa shape index (κ2) is 5.22. The number of amides is 1. The lowest BCUT2D eigenvalue weighted by atomic mass is 10.00. The molecule has 2 aliphatic heterocycles. The summed E-state index contributed by atoms with van der Waals surface area (Å²) in [5.74, 6) is 0.463. The molecule has 0 spiro atoms. The minimum Gasteiger partial charge on any atom is -0.453 e. The molecule has 2 aliphatic rings. The zero-order valence-electron chi connectivity index (χ0n) is 11.9. The molecular weight excluding hydrogens is 288 g/mol. The number of rotatable bonds is 2. The van der Waals surface area contributed by atoms with Crippen LogP contribution in [-0.4, -0.2) is 50.1 Å². The number of piperidine rings is 1. The van der Waals surface area contributed by atoms with Gasteiger partial charge in [-0.2, -0.15) is 0 Å². The molecule has 4 rings (SSSR count). The highest BCUT2D eigenvalue weighted by atomic mass is 16.5. The summed E-state index contributed by atoms with van der Waals surface area (Å²) in [7, 11) is 0. The number of carbonyl (C=O) groups is 1. The Morgan fingerprint density at radius 3 is 3.18 bits per heavy atom. The third kappa shape index (κ3) is 2.11. The van der Waals surface area contributed by atoms with Gasteiger partial charge in [-0.25, -0.2) is 4.68 Å². The van der Waals surface area contributed by atoms with Crippen molar-refractivity contribution in [2.75, 3.05) is 13.1 Å². The van der Waals surface area contributed by atoms with Crippen LogP contribution >= 0.6 is 0 Å². The average Bonchev–Trinajstić information content (AvgIpc) is 3.22. The van der Waals surface area contributed by atoms with Crippen molar-refractivity contribution in [2.45, 2.75) is 31.8 Å². The van der Waals surface area contributed by atoms with Crippen molar-refractivity contribution in [3.63, 3.8) is 0 Å². The zero-order valence-corrected chi connectivity index (χ0v) is 11.9. The Balaban J connectivity index is 1.50. The standard InChI is InChI=1S/C14H16N4O4/c19-7-10-1-2-12(22-10)14(20)17-4-3-11-13(6-17)21-8-9-5-15-16-18(9)11/h1-2,5,11,13,19H,3-4,6-8H2/t11-,13-/m0/s1. The van der Waals surface area contributed by atoms with Crippen LogP contribution in [0.15, 0.2) is 22.7 Å². The van der Waals surface area contributed by atoms with Gasteiger partial charge in [0.15, 0.2) is 5.76 Å². The van der Waals surface area contributed by atoms with Crippen LogP contribution < -0.4 is 0 Å². The van der Waals surface area contributed by atoms with Crippen molar-refractivity contribution in [1.82, 2.24) is 19.9 Å². The van der Waals surface area contributed by atoms with E-state index in [2.05, 4.69) is 10.3 Å². The number of furan rings is 1. The van der Waals surface area contributed by atoms with Crippen LogP contribution in [0.25, 0.3) is 0 Å². The highest BCUT2D eigenvalue weighted by Gasteiger charge is 2.38. The number of fused-ring (bicyclic) bond motifs is 3. The third-order valence-corrected chi connectivity index (χ3v) is 4.25. The number of ether oxygens (including phenoxy) is 1. The van der Waals surface area contributed by atoms with Gasteiger partial charge in [-0.3, -0.25) is 4.79 Å². The molecule has 0 bridgehead atoms. The maximum atomic E-state index is 12.5. The summed E-state index contributed by atoms with van der Waals surface area (Å²) in [6.45, 7) is 1.36. The molecule has 0 aliphatic carbocycles. The molecule has 8 heteroatoms. The van der Waals surface area contributed by atoms with Crippen LogP contribution in [0.5, 0.6) is 0 Å². The van der Waals surface area contributed by atoms with E-state index in [4.69, 9.17) is 14.3 Å². The van der Waals surface area contributed by atoms with Crippen LogP contribution in [0.1, 0.15) is 34.5 Å². The molecule has 1 saturated heterocycles. The van der Waals surface area contributed by atoms with E-state index in [-0.39, 0.29) is 30.4 Å². The topological polar surface area (TPSA) is 93.6 Å². The molecule has 2 aromatic heterocycles. The molecular formula is C14H16N4O4. The van der Waals surface area contributed by atoms with Crippen molar-refractivity contribution in [3.8, 4) is 0 Å². The van der Waals surface area contributed by atoms with E-state index in [1.165, 1.54) is 0 Å². The van der Waals surface area contributed by atoms with E-state index in [0.717, 1.165) is 12.1 Å². The summed E-state index contributed by atoms with van der Waals surface area (Å²) in [6.07, 6.45) is 2.40. The molecule has 1 amide bonds. The number of nitrogens with zero attached hydrogens (tertiary/aromatic N) is 4. The number of carbonyl (C=O) groups excluding carboxylic acids is 1. The van der Waals surface area contributed by atoms with E-state index in [1.54, 1.807) is 23.2 Å². The first-order valence-corrected chi connectivity index (χ1v) is 7.26. The van der Waals surface area contributed by atoms with Gasteiger partial charge in [-0.15, -0.1) is 5.10 Å². The summed E-state index contributed by atoms with van der Waals surface area (Å²) in [4.78, 5) is 14.2. The van der Waals surface area contributed by atoms with Gasteiger partial charge in [-0.05, 0) is 18.6 Å². The van der Waals surface area contributed by atoms with E-state index in [9.17, 15) is 4.79 Å². The van der Waals surface area contributed by atoms with Crippen molar-refractivity contribution < 1.29 is 19.1 Å². The predicted octanol–water partition coefficient (Wildman–Crippen LogP) is 0.349. The minimum absolute atomic E-state index is 0.0841. The molecule has 0 radical (unpaired) electrons. The van der Waals surface area contributed by atoms with Crippen LogP contribution in [0, 0.1) is 0 Å². The lowest BCUT2D eigenvalue weighted by molar-refractivity contribution is -0.0631. The molecule has 4 heterocycles. The first kappa shape index (κ1) is 13.5. The van der Waals surface area contributed by atoms with E-state index in [1.807, 2.05) is 4.68 Å². The SMILES string of the molecule is O=C(c1ccc(CO)o1)N1CC[C@H]2[C@H](C1)OCc1cnnn12. The lowest BCUT2D eigenvalue weighted by Gasteiger charge is -2.40. The summed E-state index contributed by atoms with van der Waals surface area (Å²) < 4.78 is 13.1. The predicted molar refractivity (Wildman–Crippen MR) is 72.8 cm³/mol. The van der Waals surface area contributed by atoms with Gasteiger partial charge in [0.2, 0.25) is 0 Å². The second-order valence-electron chi connectivity index (χ2n) is 5.55. The second-order valence-corrected chi connectivity index (χ2v) is 5.55. The van der Waals surface area contributed by atoms with Gasteiger partial charge in [0, 0.05) is 13.1 Å². The van der Waals surface area contributed by atoms with Gasteiger partial charge in [-0.1, -0.05) is 5.21 Å². The van der Waals surface area contributed by atoms with Gasteiger partial charge < -0.3 is 19.2 Å². The van der Waals surface area contributed by atoms with E-state index in [0.29, 0.717) is 25.5 Å². The van der Waals surface area contributed by atoms with Gasteiger partial charge in [0.05, 0.1) is 30.6 Å². The van der Waals surface area contributed by atoms with Gasteiger partial charge >= 0.3 is 0 Å². The summed E-state index contributed by atoms with van der Waals surface area (Å²) >= 11 is 0. The van der Waals surface area contributed by atoms with Crippen molar-refractivity contribution in [2.24, 2.45) is 0 Å². The normalized spacial score (nSPS) is 24.0. The van der Waals surface area contributed by atoms with Crippen molar-refractivity contribution in [1.29, 1.82) is 0 Å². The average molecular weight is 304 g/mol. The first-order chi connectivity index (χ1) is 10.8. The number of likely N-dealkylation sites (tertiary alicyclic amines) is 1. The monoisotopic (exact) mass is 304 g/mol. The number of aromatic nitrogens is 3. The highest BCUT2D eigenvalue weighted by molar-refractivity contribution is 5.91. The van der Waals surface area contributed by atoms with Crippen LogP contribution in [0.4, 0.5) is 0 Å². The van der Waals surface area contributed by atoms with Crippen LogP contribution in [0.2, 0.25) is 0 Å². The maximum Gasteiger partial charge on any atom is 0.289 e. The Hall–Kier alpha value is -2.19. The number of aliphatic hydroxyl groups is 1. The molecule has 0 unspecified atom stereocenters. The summed E-state index contributed by atoms with van der Waals surface area (Å²) in [5.41, 5.74) is 0.972. The molecule has 0 aromatic carbocycles. The molecule has 0 saturated carbocycles. The van der Waals surface area contributed by atoms with Crippen molar-refractivity contribution >= 4 is 5.91 Å². The molecule has 1 N–H and O–H groups in total. The smallest absolute Gasteiger partial charge is 0.289 e. The number of hydrogen-bond donors (Lipinski definition) is 1. The fourth-order valence-corrected chi connectivity index (χ4v) is 3.11. The zero-order chi connectivity index (χ0) is 15.1. The molecule has 2 aromatic rings. The largest absolute Gasteiger partial charge is 0.453 e. The fraction of sp³-hybridized carbons (Fsp3) is 0.500. The Bertz CT molecular complexity index is 695. The van der Waals surface area contributed by atoms with Gasteiger partial charge in [0.25, 0.3) is 5.91 Å². The Morgan fingerprint density at radius 1 is 1.45 bits per heavy atom. The van der Waals surface area contributed by atoms with Crippen LogP contribution in [0.3, 0.4) is 0 Å². The Morgan fingerprint density at radius 2 is 2.36 bits per heavy atom. The Kier molecular flexibility index (Phi) is 3.20. The molecule has 116 valence electrons. The third-order valence-electron chi connectivity index (χ3n) is 4.25. The highest BCUT2D eigenvalue weighted by Crippen LogP contribution is 2.31. The molecule has 2 atom stereocenters. The number of aliphatic hydroxyl groups excluding tert-OH is 1. The molecule has 1 fully saturated rings. The molecule has 8 nitrogen and oxygen atoms in total. The molecule has 22 heavy (non-hydrogen) atoms. The first-order valence-electron chi connectivity index (χ1n) is 7.26. The fourth-order valence-electron chi connectivity index (χ4n) is 3.11. The van der Waals surface area contributed by atoms with Crippen LogP contribution in [-0.2, 0) is 18.0 Å². The quantitative estimate of drug-likeness (QED) is 0.860. The van der Waals surface area contributed by atoms with Gasteiger partial charge in [0.1, 0.15) is 12.4 Å².